The van der Waals surface area contributed by atoms with E-state index in [-0.39, 0.29) is 27.9 Å². The van der Waals surface area contributed by atoms with Gasteiger partial charge in [-0.1, -0.05) is 60.1 Å². The van der Waals surface area contributed by atoms with Crippen molar-refractivity contribution in [2.75, 3.05) is 11.9 Å². The molecule has 0 spiro atoms. The molecule has 43 heavy (non-hydrogen) atoms. The number of furan rings is 1. The van der Waals surface area contributed by atoms with Crippen molar-refractivity contribution >= 4 is 57.0 Å². The number of aromatic nitrogens is 2. The zero-order valence-corrected chi connectivity index (χ0v) is 22.9. The molecule has 11 nitrogen and oxygen atoms in total. The number of rotatable bonds is 8. The average Bonchev–Trinajstić information content (AvgIpc) is 3.44. The summed E-state index contributed by atoms with van der Waals surface area (Å²) in [6.45, 7) is -0.542. The number of nitro groups is 1. The summed E-state index contributed by atoms with van der Waals surface area (Å²) in [5.74, 6) is -0.404. The van der Waals surface area contributed by atoms with Crippen LogP contribution in [-0.4, -0.2) is 33.3 Å². The standard InChI is InChI=1S/C31H20ClN5O6/c32-21-14-20(29(25(16-21)37(40)41)42-18-28(38)34-22-9-2-1-3-10-22)17-33-36-30(27-15-19-8-4-7-13-26(19)43-27)35-24-12-6-5-11-23(24)31(36)39/h1-17H,18H2,(H,34,38). The first kappa shape index (κ1) is 27.4. The van der Waals surface area contributed by atoms with Crippen molar-refractivity contribution in [1.82, 2.24) is 9.66 Å². The monoisotopic (exact) mass is 593 g/mol. The molecule has 0 aliphatic carbocycles. The second kappa shape index (κ2) is 11.6. The first-order chi connectivity index (χ1) is 20.9. The van der Waals surface area contributed by atoms with Crippen LogP contribution >= 0.6 is 11.6 Å². The van der Waals surface area contributed by atoms with Crippen LogP contribution in [-0.2, 0) is 4.79 Å². The van der Waals surface area contributed by atoms with Crippen molar-refractivity contribution in [3.8, 4) is 17.3 Å². The van der Waals surface area contributed by atoms with Gasteiger partial charge in [-0.3, -0.25) is 19.7 Å². The molecule has 0 fully saturated rings. The topological polar surface area (TPSA) is 142 Å². The molecule has 2 aromatic heterocycles. The number of halogens is 1. The zero-order valence-electron chi connectivity index (χ0n) is 22.1. The minimum Gasteiger partial charge on any atom is -0.476 e. The van der Waals surface area contributed by atoms with E-state index in [1.54, 1.807) is 66.7 Å². The van der Waals surface area contributed by atoms with Crippen LogP contribution in [0, 0.1) is 10.1 Å². The minimum absolute atomic E-state index is 0.0238. The Balaban J connectivity index is 1.43. The van der Waals surface area contributed by atoms with Gasteiger partial charge in [0.25, 0.3) is 11.5 Å². The number of hydrogen-bond acceptors (Lipinski definition) is 8. The normalized spacial score (nSPS) is 11.3. The highest BCUT2D eigenvalue weighted by molar-refractivity contribution is 6.31. The van der Waals surface area contributed by atoms with E-state index in [4.69, 9.17) is 20.8 Å². The van der Waals surface area contributed by atoms with Crippen LogP contribution in [0.1, 0.15) is 5.56 Å². The van der Waals surface area contributed by atoms with Crippen LogP contribution in [0.2, 0.25) is 5.02 Å². The second-order valence-corrected chi connectivity index (χ2v) is 9.70. The minimum atomic E-state index is -0.683. The molecule has 12 heteroatoms. The fraction of sp³-hybridized carbons (Fsp3) is 0.0323. The molecule has 0 atom stereocenters. The smallest absolute Gasteiger partial charge is 0.313 e. The Bertz CT molecular complexity index is 2070. The largest absolute Gasteiger partial charge is 0.476 e. The predicted octanol–water partition coefficient (Wildman–Crippen LogP) is 6.27. The number of anilines is 1. The van der Waals surface area contributed by atoms with Gasteiger partial charge in [0, 0.05) is 27.7 Å². The molecule has 6 aromatic rings. The molecule has 2 heterocycles. The molecule has 0 saturated heterocycles. The van der Waals surface area contributed by atoms with Crippen molar-refractivity contribution in [3.05, 3.63) is 128 Å². The lowest BCUT2D eigenvalue weighted by molar-refractivity contribution is -0.385. The SMILES string of the molecule is O=C(COc1c(C=Nn2c(-c3cc4ccccc4o3)nc3ccccc3c2=O)cc(Cl)cc1[N+](=O)[O-])Nc1ccccc1. The van der Waals surface area contributed by atoms with Gasteiger partial charge in [-0.2, -0.15) is 9.78 Å². The summed E-state index contributed by atoms with van der Waals surface area (Å²) in [5, 5.41) is 20.0. The van der Waals surface area contributed by atoms with E-state index >= 15 is 0 Å². The molecule has 6 rings (SSSR count). The third-order valence-corrected chi connectivity index (χ3v) is 6.59. The summed E-state index contributed by atoms with van der Waals surface area (Å²) in [7, 11) is 0. The molecule has 0 saturated carbocycles. The van der Waals surface area contributed by atoms with Crippen LogP contribution in [0.25, 0.3) is 33.5 Å². The first-order valence-corrected chi connectivity index (χ1v) is 13.3. The maximum atomic E-state index is 13.6. The number of amides is 1. The number of para-hydroxylation sites is 3. The third-order valence-electron chi connectivity index (χ3n) is 6.38. The van der Waals surface area contributed by atoms with Crippen molar-refractivity contribution in [2.24, 2.45) is 5.10 Å². The fourth-order valence-electron chi connectivity index (χ4n) is 4.45. The lowest BCUT2D eigenvalue weighted by atomic mass is 10.2. The van der Waals surface area contributed by atoms with Gasteiger partial charge < -0.3 is 14.5 Å². The Hall–Kier alpha value is -5.81. The lowest BCUT2D eigenvalue weighted by Gasteiger charge is -2.11. The van der Waals surface area contributed by atoms with Crippen LogP contribution in [0.15, 0.2) is 111 Å². The Morgan fingerprint density at radius 3 is 2.58 bits per heavy atom. The summed E-state index contributed by atoms with van der Waals surface area (Å²) >= 11 is 6.20. The molecular weight excluding hydrogens is 574 g/mol. The van der Waals surface area contributed by atoms with Crippen molar-refractivity contribution < 1.29 is 18.9 Å². The number of benzene rings is 4. The molecule has 0 aliphatic heterocycles. The highest BCUT2D eigenvalue weighted by Gasteiger charge is 2.22. The molecule has 0 bridgehead atoms. The average molecular weight is 594 g/mol. The Kier molecular flexibility index (Phi) is 7.37. The summed E-state index contributed by atoms with van der Waals surface area (Å²) in [6.07, 6.45) is 1.19. The molecule has 212 valence electrons. The lowest BCUT2D eigenvalue weighted by Crippen LogP contribution is -2.21. The van der Waals surface area contributed by atoms with E-state index in [9.17, 15) is 19.7 Å². The molecule has 4 aromatic carbocycles. The van der Waals surface area contributed by atoms with E-state index in [0.29, 0.717) is 22.2 Å². The van der Waals surface area contributed by atoms with E-state index in [1.807, 2.05) is 18.2 Å². The van der Waals surface area contributed by atoms with E-state index in [0.717, 1.165) is 16.1 Å². The fourth-order valence-corrected chi connectivity index (χ4v) is 4.67. The van der Waals surface area contributed by atoms with Gasteiger partial charge in [-0.25, -0.2) is 4.98 Å². The van der Waals surface area contributed by atoms with Gasteiger partial charge in [0.05, 0.1) is 22.0 Å². The van der Waals surface area contributed by atoms with E-state index in [2.05, 4.69) is 15.4 Å². The molecule has 1 N–H and O–H groups in total. The predicted molar refractivity (Wildman–Crippen MR) is 163 cm³/mol. The number of carbonyl (C=O) groups is 1. The van der Waals surface area contributed by atoms with Gasteiger partial charge in [-0.15, -0.1) is 0 Å². The quantitative estimate of drug-likeness (QED) is 0.124. The molecule has 0 radical (unpaired) electrons. The number of carbonyl (C=O) groups excluding carboxylic acids is 1. The van der Waals surface area contributed by atoms with Gasteiger partial charge in [0.1, 0.15) is 5.58 Å². The van der Waals surface area contributed by atoms with Gasteiger partial charge >= 0.3 is 5.69 Å². The van der Waals surface area contributed by atoms with Gasteiger partial charge in [0.2, 0.25) is 11.6 Å². The highest BCUT2D eigenvalue weighted by Crippen LogP contribution is 2.34. The highest BCUT2D eigenvalue weighted by atomic mass is 35.5. The Morgan fingerprint density at radius 1 is 1.05 bits per heavy atom. The maximum Gasteiger partial charge on any atom is 0.313 e. The zero-order chi connectivity index (χ0) is 29.9. The number of nitrogens with zero attached hydrogens (tertiary/aromatic N) is 4. The summed E-state index contributed by atoms with van der Waals surface area (Å²) in [4.78, 5) is 42.0. The number of ether oxygens (including phenoxy) is 1. The summed E-state index contributed by atoms with van der Waals surface area (Å²) < 4.78 is 12.7. The number of nitrogens with one attached hydrogen (secondary N) is 1. The maximum absolute atomic E-state index is 13.6. The van der Waals surface area contributed by atoms with E-state index in [1.165, 1.54) is 12.3 Å². The van der Waals surface area contributed by atoms with Crippen LogP contribution < -0.4 is 15.6 Å². The van der Waals surface area contributed by atoms with Crippen LogP contribution in [0.5, 0.6) is 5.75 Å². The van der Waals surface area contributed by atoms with Crippen LogP contribution in [0.4, 0.5) is 11.4 Å². The number of fused-ring (bicyclic) bond motifs is 2. The molecule has 0 unspecified atom stereocenters. The van der Waals surface area contributed by atoms with Gasteiger partial charge in [0.15, 0.2) is 12.4 Å². The third kappa shape index (κ3) is 5.69. The van der Waals surface area contributed by atoms with Gasteiger partial charge in [-0.05, 0) is 42.5 Å². The molecular formula is C31H20ClN5O6. The second-order valence-electron chi connectivity index (χ2n) is 9.27. The van der Waals surface area contributed by atoms with Crippen LogP contribution in [0.3, 0.4) is 0 Å². The molecule has 1 amide bonds. The Labute approximate surface area is 247 Å². The summed E-state index contributed by atoms with van der Waals surface area (Å²) in [6, 6.07) is 27.0. The number of hydrogen-bond donors (Lipinski definition) is 1. The van der Waals surface area contributed by atoms with E-state index < -0.39 is 28.7 Å². The van der Waals surface area contributed by atoms with Crippen molar-refractivity contribution in [2.45, 2.75) is 0 Å². The first-order valence-electron chi connectivity index (χ1n) is 12.9. The Morgan fingerprint density at radius 2 is 1.79 bits per heavy atom. The van der Waals surface area contributed by atoms with Crippen molar-refractivity contribution in [1.29, 1.82) is 0 Å². The number of nitro benzene ring substituents is 1. The molecule has 0 aliphatic rings. The summed E-state index contributed by atoms with van der Waals surface area (Å²) in [5.41, 5.74) is 0.625. The van der Waals surface area contributed by atoms with Crippen molar-refractivity contribution in [3.63, 3.8) is 0 Å².